The van der Waals surface area contributed by atoms with Crippen LogP contribution in [0.1, 0.15) is 16.0 Å². The topological polar surface area (TPSA) is 34.2 Å². The van der Waals surface area contributed by atoms with Crippen molar-refractivity contribution in [1.82, 2.24) is 10.3 Å². The van der Waals surface area contributed by atoms with Crippen LogP contribution in [-0.4, -0.2) is 11.6 Å². The lowest BCUT2D eigenvalue weighted by atomic mass is 10.1. The largest absolute Gasteiger partial charge is 0.493 e. The van der Waals surface area contributed by atoms with E-state index in [9.17, 15) is 0 Å². The molecule has 0 aliphatic carbocycles. The van der Waals surface area contributed by atoms with Crippen molar-refractivity contribution in [3.63, 3.8) is 0 Å². The van der Waals surface area contributed by atoms with Crippen LogP contribution in [0.2, 0.25) is 5.02 Å². The zero-order chi connectivity index (χ0) is 12.4. The Balaban J connectivity index is 1.69. The highest BCUT2D eigenvalue weighted by Gasteiger charge is 2.17. The van der Waals surface area contributed by atoms with Crippen LogP contribution in [0.25, 0.3) is 0 Å². The van der Waals surface area contributed by atoms with Gasteiger partial charge in [0.05, 0.1) is 12.1 Å². The van der Waals surface area contributed by atoms with Gasteiger partial charge in [0.25, 0.3) is 0 Å². The molecule has 3 nitrogen and oxygen atoms in total. The monoisotopic (exact) mass is 280 g/mol. The van der Waals surface area contributed by atoms with E-state index in [1.54, 1.807) is 11.3 Å². The summed E-state index contributed by atoms with van der Waals surface area (Å²) in [4.78, 5) is 5.28. The second kappa shape index (κ2) is 5.26. The number of nitrogens with zero attached hydrogens (tertiary/aromatic N) is 1. The van der Waals surface area contributed by atoms with E-state index in [1.807, 2.05) is 23.8 Å². The Morgan fingerprint density at radius 3 is 3.17 bits per heavy atom. The zero-order valence-corrected chi connectivity index (χ0v) is 11.4. The number of hydrogen-bond acceptors (Lipinski definition) is 4. The highest BCUT2D eigenvalue weighted by atomic mass is 35.5. The minimum Gasteiger partial charge on any atom is -0.493 e. The van der Waals surface area contributed by atoms with Gasteiger partial charge in [-0.1, -0.05) is 11.6 Å². The van der Waals surface area contributed by atoms with E-state index in [0.717, 1.165) is 42.5 Å². The Labute approximate surface area is 115 Å². The van der Waals surface area contributed by atoms with Gasteiger partial charge in [-0.25, -0.2) is 0 Å². The molecule has 0 saturated carbocycles. The molecule has 5 heteroatoms. The first kappa shape index (κ1) is 12.0. The van der Waals surface area contributed by atoms with Gasteiger partial charge in [0.15, 0.2) is 0 Å². The third-order valence-corrected chi connectivity index (χ3v) is 3.92. The molecule has 0 radical (unpaired) electrons. The Morgan fingerprint density at radius 1 is 1.39 bits per heavy atom. The van der Waals surface area contributed by atoms with Crippen molar-refractivity contribution in [3.8, 4) is 5.75 Å². The third-order valence-electron chi connectivity index (χ3n) is 2.92. The maximum Gasteiger partial charge on any atom is 0.127 e. The maximum atomic E-state index is 6.12. The molecule has 94 valence electrons. The van der Waals surface area contributed by atoms with Crippen LogP contribution in [0.4, 0.5) is 0 Å². The van der Waals surface area contributed by atoms with Crippen LogP contribution in [0.5, 0.6) is 5.75 Å². The van der Waals surface area contributed by atoms with Gasteiger partial charge in [-0.15, -0.1) is 11.3 Å². The van der Waals surface area contributed by atoms with Crippen LogP contribution in [-0.2, 0) is 19.5 Å². The number of ether oxygens (including phenoxy) is 1. The van der Waals surface area contributed by atoms with Gasteiger partial charge in [0.1, 0.15) is 5.75 Å². The molecule has 0 atom stereocenters. The molecular weight excluding hydrogens is 268 g/mol. The first-order valence-electron chi connectivity index (χ1n) is 5.85. The smallest absolute Gasteiger partial charge is 0.127 e. The highest BCUT2D eigenvalue weighted by Crippen LogP contribution is 2.32. The molecule has 0 saturated heterocycles. The maximum absolute atomic E-state index is 6.12. The van der Waals surface area contributed by atoms with Crippen molar-refractivity contribution in [1.29, 1.82) is 0 Å². The van der Waals surface area contributed by atoms with Crippen LogP contribution < -0.4 is 10.1 Å². The van der Waals surface area contributed by atoms with Crippen LogP contribution in [0.15, 0.2) is 23.8 Å². The fourth-order valence-corrected chi connectivity index (χ4v) is 2.95. The number of halogens is 1. The van der Waals surface area contributed by atoms with Gasteiger partial charge in [0.2, 0.25) is 0 Å². The zero-order valence-electron chi connectivity index (χ0n) is 9.78. The summed E-state index contributed by atoms with van der Waals surface area (Å²) >= 11 is 7.77. The third kappa shape index (κ3) is 2.51. The Kier molecular flexibility index (Phi) is 3.50. The van der Waals surface area contributed by atoms with Crippen molar-refractivity contribution in [2.75, 3.05) is 6.61 Å². The normalized spacial score (nSPS) is 13.4. The SMILES string of the molecule is Clc1cc2c(c(CNCc3cncs3)c1)OCC2. The molecule has 0 amide bonds. The van der Waals surface area contributed by atoms with E-state index in [-0.39, 0.29) is 0 Å². The summed E-state index contributed by atoms with van der Waals surface area (Å²) in [5, 5.41) is 4.18. The Bertz CT molecular complexity index is 542. The molecule has 3 rings (SSSR count). The van der Waals surface area contributed by atoms with E-state index < -0.39 is 0 Å². The number of thiazole rings is 1. The van der Waals surface area contributed by atoms with E-state index in [0.29, 0.717) is 0 Å². The van der Waals surface area contributed by atoms with Crippen LogP contribution in [0.3, 0.4) is 0 Å². The predicted octanol–water partition coefficient (Wildman–Crippen LogP) is 3.02. The second-order valence-corrected chi connectivity index (χ2v) is 5.63. The van der Waals surface area contributed by atoms with Crippen LogP contribution >= 0.6 is 22.9 Å². The van der Waals surface area contributed by atoms with Gasteiger partial charge in [-0.3, -0.25) is 4.98 Å². The van der Waals surface area contributed by atoms with Crippen molar-refractivity contribution in [3.05, 3.63) is 44.9 Å². The summed E-state index contributed by atoms with van der Waals surface area (Å²) in [6, 6.07) is 3.97. The summed E-state index contributed by atoms with van der Waals surface area (Å²) in [6.45, 7) is 2.35. The number of nitrogens with one attached hydrogen (secondary N) is 1. The minimum atomic E-state index is 0.761. The molecule has 1 aromatic heterocycles. The lowest BCUT2D eigenvalue weighted by Gasteiger charge is -2.09. The number of benzene rings is 1. The molecule has 1 aliphatic rings. The molecule has 0 unspecified atom stereocenters. The molecule has 2 heterocycles. The van der Waals surface area contributed by atoms with E-state index in [1.165, 1.54) is 10.4 Å². The fraction of sp³-hybridized carbons (Fsp3) is 0.308. The second-order valence-electron chi connectivity index (χ2n) is 4.22. The average molecular weight is 281 g/mol. The van der Waals surface area contributed by atoms with Crippen molar-refractivity contribution in [2.24, 2.45) is 0 Å². The fourth-order valence-electron chi connectivity index (χ4n) is 2.13. The standard InChI is InChI=1S/C13H13ClN2OS/c14-11-3-9-1-2-17-13(9)10(4-11)5-15-6-12-7-16-8-18-12/h3-4,7-8,15H,1-2,5-6H2. The quantitative estimate of drug-likeness (QED) is 0.935. The molecule has 0 fully saturated rings. The first-order chi connectivity index (χ1) is 8.83. The predicted molar refractivity (Wildman–Crippen MR) is 73.3 cm³/mol. The van der Waals surface area contributed by atoms with Gasteiger partial charge in [0, 0.05) is 41.2 Å². The number of aromatic nitrogens is 1. The van der Waals surface area contributed by atoms with Crippen molar-refractivity contribution >= 4 is 22.9 Å². The van der Waals surface area contributed by atoms with E-state index in [2.05, 4.69) is 10.3 Å². The van der Waals surface area contributed by atoms with Crippen molar-refractivity contribution in [2.45, 2.75) is 19.5 Å². The van der Waals surface area contributed by atoms with Gasteiger partial charge in [-0.05, 0) is 17.7 Å². The average Bonchev–Trinajstić information content (AvgIpc) is 2.98. The van der Waals surface area contributed by atoms with Crippen LogP contribution in [0, 0.1) is 0 Å². The summed E-state index contributed by atoms with van der Waals surface area (Å²) in [7, 11) is 0. The lowest BCUT2D eigenvalue weighted by Crippen LogP contribution is -2.12. The summed E-state index contributed by atoms with van der Waals surface area (Å²) in [5.74, 6) is 1.01. The molecular formula is C13H13ClN2OS. The summed E-state index contributed by atoms with van der Waals surface area (Å²) in [5.41, 5.74) is 4.20. The summed E-state index contributed by atoms with van der Waals surface area (Å²) < 4.78 is 5.66. The van der Waals surface area contributed by atoms with Gasteiger partial charge >= 0.3 is 0 Å². The summed E-state index contributed by atoms with van der Waals surface area (Å²) in [6.07, 6.45) is 2.84. The van der Waals surface area contributed by atoms with Gasteiger partial charge in [-0.2, -0.15) is 0 Å². The molecule has 2 aromatic rings. The Morgan fingerprint density at radius 2 is 2.33 bits per heavy atom. The molecule has 18 heavy (non-hydrogen) atoms. The van der Waals surface area contributed by atoms with Crippen molar-refractivity contribution < 1.29 is 4.74 Å². The lowest BCUT2D eigenvalue weighted by molar-refractivity contribution is 0.352. The molecule has 1 N–H and O–H groups in total. The number of hydrogen-bond donors (Lipinski definition) is 1. The minimum absolute atomic E-state index is 0.761. The molecule has 1 aliphatic heterocycles. The highest BCUT2D eigenvalue weighted by molar-refractivity contribution is 7.09. The first-order valence-corrected chi connectivity index (χ1v) is 7.11. The molecule has 1 aromatic carbocycles. The number of rotatable bonds is 4. The Hall–Kier alpha value is -1.10. The van der Waals surface area contributed by atoms with E-state index >= 15 is 0 Å². The number of fused-ring (bicyclic) bond motifs is 1. The van der Waals surface area contributed by atoms with Gasteiger partial charge < -0.3 is 10.1 Å². The van der Waals surface area contributed by atoms with E-state index in [4.69, 9.17) is 16.3 Å². The molecule has 0 bridgehead atoms. The molecule has 0 spiro atoms.